The molecule has 5 nitrogen and oxygen atoms in total. The van der Waals surface area contributed by atoms with Crippen LogP contribution in [-0.4, -0.2) is 28.6 Å². The number of hydrogen-bond donors (Lipinski definition) is 3. The maximum Gasteiger partial charge on any atom is 0.320 e. The lowest BCUT2D eigenvalue weighted by Crippen LogP contribution is -2.31. The number of carboxylic acid groups (broad SMARTS) is 1. The SMILES string of the molecule is N[C@@H](CCCNCc1ccccn1)C(=O)O. The minimum atomic E-state index is -0.940. The maximum atomic E-state index is 10.4. The first-order valence-electron chi connectivity index (χ1n) is 5.29. The Hall–Kier alpha value is -1.46. The summed E-state index contributed by atoms with van der Waals surface area (Å²) in [5.41, 5.74) is 6.35. The van der Waals surface area contributed by atoms with Gasteiger partial charge in [-0.2, -0.15) is 0 Å². The second-order valence-corrected chi connectivity index (χ2v) is 3.58. The molecule has 16 heavy (non-hydrogen) atoms. The normalized spacial score (nSPS) is 12.3. The fraction of sp³-hybridized carbons (Fsp3) is 0.455. The van der Waals surface area contributed by atoms with Crippen molar-refractivity contribution in [2.24, 2.45) is 5.73 Å². The molecule has 0 saturated heterocycles. The van der Waals surface area contributed by atoms with Gasteiger partial charge >= 0.3 is 5.97 Å². The molecule has 0 aliphatic heterocycles. The fourth-order valence-corrected chi connectivity index (χ4v) is 1.29. The largest absolute Gasteiger partial charge is 0.480 e. The van der Waals surface area contributed by atoms with E-state index in [9.17, 15) is 4.79 Å². The monoisotopic (exact) mass is 223 g/mol. The van der Waals surface area contributed by atoms with E-state index in [1.165, 1.54) is 0 Å². The third kappa shape index (κ3) is 4.86. The van der Waals surface area contributed by atoms with Crippen molar-refractivity contribution in [1.82, 2.24) is 10.3 Å². The Morgan fingerprint density at radius 3 is 3.00 bits per heavy atom. The van der Waals surface area contributed by atoms with Crippen LogP contribution in [0.3, 0.4) is 0 Å². The van der Waals surface area contributed by atoms with Crippen LogP contribution < -0.4 is 11.1 Å². The molecule has 0 bridgehead atoms. The van der Waals surface area contributed by atoms with Crippen LogP contribution in [-0.2, 0) is 11.3 Å². The molecule has 0 amide bonds. The van der Waals surface area contributed by atoms with Gasteiger partial charge in [0.15, 0.2) is 0 Å². The molecule has 0 aliphatic rings. The predicted octanol–water partition coefficient (Wildman–Crippen LogP) is 0.363. The molecule has 0 saturated carbocycles. The number of nitrogens with zero attached hydrogens (tertiary/aromatic N) is 1. The van der Waals surface area contributed by atoms with Gasteiger partial charge in [-0.1, -0.05) is 6.07 Å². The quantitative estimate of drug-likeness (QED) is 0.581. The zero-order valence-electron chi connectivity index (χ0n) is 9.10. The lowest BCUT2D eigenvalue weighted by molar-refractivity contribution is -0.138. The average Bonchev–Trinajstić information content (AvgIpc) is 2.29. The lowest BCUT2D eigenvalue weighted by atomic mass is 10.2. The van der Waals surface area contributed by atoms with Crippen LogP contribution in [0.25, 0.3) is 0 Å². The first-order valence-corrected chi connectivity index (χ1v) is 5.29. The van der Waals surface area contributed by atoms with E-state index in [1.807, 2.05) is 18.2 Å². The summed E-state index contributed by atoms with van der Waals surface area (Å²) in [5.74, 6) is -0.940. The van der Waals surface area contributed by atoms with Gasteiger partial charge in [-0.15, -0.1) is 0 Å². The predicted molar refractivity (Wildman–Crippen MR) is 60.8 cm³/mol. The molecule has 0 fully saturated rings. The van der Waals surface area contributed by atoms with E-state index in [-0.39, 0.29) is 0 Å². The standard InChI is InChI=1S/C11H17N3O2/c12-10(11(15)16)5-3-6-13-8-9-4-1-2-7-14-9/h1-2,4,7,10,13H,3,5-6,8,12H2,(H,15,16)/t10-/m0/s1. The van der Waals surface area contributed by atoms with E-state index in [2.05, 4.69) is 10.3 Å². The van der Waals surface area contributed by atoms with Crippen LogP contribution in [0.1, 0.15) is 18.5 Å². The van der Waals surface area contributed by atoms with Crippen molar-refractivity contribution in [2.45, 2.75) is 25.4 Å². The van der Waals surface area contributed by atoms with Gasteiger partial charge in [0.2, 0.25) is 0 Å². The number of nitrogens with two attached hydrogens (primary N) is 1. The fourth-order valence-electron chi connectivity index (χ4n) is 1.29. The highest BCUT2D eigenvalue weighted by molar-refractivity contribution is 5.72. The van der Waals surface area contributed by atoms with Gasteiger partial charge in [0.05, 0.1) is 5.69 Å². The Balaban J connectivity index is 2.07. The molecule has 1 aromatic heterocycles. The van der Waals surface area contributed by atoms with Crippen molar-refractivity contribution < 1.29 is 9.90 Å². The van der Waals surface area contributed by atoms with Gasteiger partial charge in [0.25, 0.3) is 0 Å². The van der Waals surface area contributed by atoms with Crippen LogP contribution in [0.15, 0.2) is 24.4 Å². The minimum absolute atomic E-state index is 0.491. The number of aliphatic carboxylic acids is 1. The summed E-state index contributed by atoms with van der Waals surface area (Å²) in [6.45, 7) is 1.45. The van der Waals surface area contributed by atoms with Gasteiger partial charge in [0.1, 0.15) is 6.04 Å². The Kier molecular flexibility index (Phi) is 5.45. The number of pyridine rings is 1. The van der Waals surface area contributed by atoms with Crippen LogP contribution in [0.5, 0.6) is 0 Å². The van der Waals surface area contributed by atoms with Crippen molar-refractivity contribution in [1.29, 1.82) is 0 Å². The Labute approximate surface area is 94.7 Å². The molecule has 88 valence electrons. The molecule has 4 N–H and O–H groups in total. The summed E-state index contributed by atoms with van der Waals surface area (Å²) < 4.78 is 0. The third-order valence-electron chi connectivity index (χ3n) is 2.22. The van der Waals surface area contributed by atoms with Crippen LogP contribution >= 0.6 is 0 Å². The van der Waals surface area contributed by atoms with Gasteiger partial charge in [0, 0.05) is 12.7 Å². The number of nitrogens with one attached hydrogen (secondary N) is 1. The highest BCUT2D eigenvalue weighted by Gasteiger charge is 2.09. The van der Waals surface area contributed by atoms with Crippen LogP contribution in [0, 0.1) is 0 Å². The number of carbonyl (C=O) groups is 1. The highest BCUT2D eigenvalue weighted by Crippen LogP contribution is 1.95. The van der Waals surface area contributed by atoms with Crippen LogP contribution in [0.4, 0.5) is 0 Å². The Morgan fingerprint density at radius 1 is 1.56 bits per heavy atom. The zero-order chi connectivity index (χ0) is 11.8. The summed E-state index contributed by atoms with van der Waals surface area (Å²) in [6.07, 6.45) is 2.99. The topological polar surface area (TPSA) is 88.2 Å². The summed E-state index contributed by atoms with van der Waals surface area (Å²) in [5, 5.41) is 11.7. The maximum absolute atomic E-state index is 10.4. The van der Waals surface area contributed by atoms with Crippen molar-refractivity contribution in [3.05, 3.63) is 30.1 Å². The molecule has 0 aromatic carbocycles. The van der Waals surface area contributed by atoms with Gasteiger partial charge < -0.3 is 16.2 Å². The third-order valence-corrected chi connectivity index (χ3v) is 2.22. The minimum Gasteiger partial charge on any atom is -0.480 e. The van der Waals surface area contributed by atoms with Crippen LogP contribution in [0.2, 0.25) is 0 Å². The van der Waals surface area contributed by atoms with Crippen molar-refractivity contribution in [2.75, 3.05) is 6.54 Å². The first-order chi connectivity index (χ1) is 7.70. The van der Waals surface area contributed by atoms with Gasteiger partial charge in [-0.25, -0.2) is 0 Å². The molecule has 1 heterocycles. The molecule has 1 aromatic rings. The molecule has 1 atom stereocenters. The highest BCUT2D eigenvalue weighted by atomic mass is 16.4. The number of hydrogen-bond acceptors (Lipinski definition) is 4. The van der Waals surface area contributed by atoms with Gasteiger partial charge in [-0.3, -0.25) is 9.78 Å². The summed E-state index contributed by atoms with van der Waals surface area (Å²) >= 11 is 0. The molecule has 0 spiro atoms. The van der Waals surface area contributed by atoms with Crippen molar-refractivity contribution in [3.8, 4) is 0 Å². The van der Waals surface area contributed by atoms with E-state index in [4.69, 9.17) is 10.8 Å². The number of carboxylic acids is 1. The Bertz CT molecular complexity index is 316. The zero-order valence-corrected chi connectivity index (χ0v) is 9.10. The smallest absolute Gasteiger partial charge is 0.320 e. The van der Waals surface area contributed by atoms with Crippen molar-refractivity contribution >= 4 is 5.97 Å². The first kappa shape index (κ1) is 12.6. The van der Waals surface area contributed by atoms with E-state index >= 15 is 0 Å². The molecular formula is C11H17N3O2. The van der Waals surface area contributed by atoms with E-state index in [0.717, 1.165) is 18.7 Å². The molecule has 0 aliphatic carbocycles. The number of aromatic nitrogens is 1. The lowest BCUT2D eigenvalue weighted by Gasteiger charge is -2.06. The molecule has 0 unspecified atom stereocenters. The van der Waals surface area contributed by atoms with Gasteiger partial charge in [-0.05, 0) is 31.5 Å². The van der Waals surface area contributed by atoms with E-state index < -0.39 is 12.0 Å². The second kappa shape index (κ2) is 6.92. The number of rotatable bonds is 7. The van der Waals surface area contributed by atoms with Crippen molar-refractivity contribution in [3.63, 3.8) is 0 Å². The summed E-state index contributed by atoms with van der Waals surface area (Å²) in [4.78, 5) is 14.6. The van der Waals surface area contributed by atoms with E-state index in [0.29, 0.717) is 13.0 Å². The molecular weight excluding hydrogens is 206 g/mol. The molecule has 0 radical (unpaired) electrons. The second-order valence-electron chi connectivity index (χ2n) is 3.58. The Morgan fingerprint density at radius 2 is 2.38 bits per heavy atom. The average molecular weight is 223 g/mol. The summed E-state index contributed by atoms with van der Waals surface area (Å²) in [6, 6.07) is 4.99. The summed E-state index contributed by atoms with van der Waals surface area (Å²) in [7, 11) is 0. The molecule has 5 heteroatoms. The molecule has 1 rings (SSSR count). The van der Waals surface area contributed by atoms with E-state index in [1.54, 1.807) is 6.20 Å².